The highest BCUT2D eigenvalue weighted by Gasteiger charge is 2.22. The third-order valence-electron chi connectivity index (χ3n) is 1.58. The Bertz CT molecular complexity index is 122. The predicted octanol–water partition coefficient (Wildman–Crippen LogP) is 2.42. The molecule has 0 saturated heterocycles. The molecule has 2 N–H and O–H groups in total. The van der Waals surface area contributed by atoms with Crippen molar-refractivity contribution >= 4 is 63.7 Å². The van der Waals surface area contributed by atoms with Crippen LogP contribution in [0, 0.1) is 0 Å². The minimum Gasteiger partial charge on any atom is -0.395 e. The molecule has 0 fully saturated rings. The van der Waals surface area contributed by atoms with Gasteiger partial charge in [-0.1, -0.05) is 63.7 Å². The van der Waals surface area contributed by atoms with Crippen LogP contribution < -0.4 is 0 Å². The van der Waals surface area contributed by atoms with Gasteiger partial charge in [-0.25, -0.2) is 0 Å². The summed E-state index contributed by atoms with van der Waals surface area (Å²) in [6.45, 7) is 0.198. The van der Waals surface area contributed by atoms with E-state index in [0.29, 0.717) is 0 Å². The van der Waals surface area contributed by atoms with Crippen LogP contribution >= 0.6 is 63.7 Å². The summed E-state index contributed by atoms with van der Waals surface area (Å²) >= 11 is 13.6. The molecule has 0 unspecified atom stereocenters. The van der Waals surface area contributed by atoms with E-state index in [1.165, 1.54) is 0 Å². The smallest absolute Gasteiger partial charge is 0.0567 e. The molecule has 0 amide bonds. The van der Waals surface area contributed by atoms with E-state index in [4.69, 9.17) is 10.2 Å². The van der Waals surface area contributed by atoms with E-state index < -0.39 is 0 Å². The normalized spacial score (nSPS) is 20.8. The zero-order valence-corrected chi connectivity index (χ0v) is 13.2. The zero-order valence-electron chi connectivity index (χ0n) is 6.84. The van der Waals surface area contributed by atoms with Gasteiger partial charge < -0.3 is 10.2 Å². The fourth-order valence-electron chi connectivity index (χ4n) is 0.739. The minimum absolute atomic E-state index is 0.0472. The molecule has 0 heterocycles. The van der Waals surface area contributed by atoms with Crippen molar-refractivity contribution in [2.45, 2.75) is 25.7 Å². The first-order chi connectivity index (χ1) is 6.02. The average Bonchev–Trinajstić information content (AvgIpc) is 2.14. The topological polar surface area (TPSA) is 40.5 Å². The van der Waals surface area contributed by atoms with Crippen molar-refractivity contribution in [3.63, 3.8) is 0 Å². The summed E-state index contributed by atoms with van der Waals surface area (Å²) < 4.78 is 0. The summed E-state index contributed by atoms with van der Waals surface area (Å²) in [5.41, 5.74) is 0. The third kappa shape index (κ3) is 6.10. The second kappa shape index (κ2) is 8.05. The first-order valence-electron chi connectivity index (χ1n) is 3.80. The van der Waals surface area contributed by atoms with E-state index in [0.717, 1.165) is 6.42 Å². The van der Waals surface area contributed by atoms with Gasteiger partial charge in [-0.2, -0.15) is 0 Å². The van der Waals surface area contributed by atoms with E-state index in [1.807, 2.05) is 0 Å². The van der Waals surface area contributed by atoms with Crippen LogP contribution in [0.5, 0.6) is 0 Å². The van der Waals surface area contributed by atoms with Crippen molar-refractivity contribution in [2.24, 2.45) is 0 Å². The molecule has 0 rings (SSSR count). The molecule has 0 aliphatic heterocycles. The van der Waals surface area contributed by atoms with Crippen LogP contribution in [-0.4, -0.2) is 42.7 Å². The van der Waals surface area contributed by atoms with E-state index in [2.05, 4.69) is 63.7 Å². The van der Waals surface area contributed by atoms with Crippen LogP contribution in [0.2, 0.25) is 0 Å². The van der Waals surface area contributed by atoms with Crippen LogP contribution in [0.4, 0.5) is 0 Å². The summed E-state index contributed by atoms with van der Waals surface area (Å²) in [6.07, 6.45) is 0.826. The van der Waals surface area contributed by atoms with Crippen molar-refractivity contribution in [2.75, 3.05) is 13.2 Å². The molecule has 0 bridgehead atoms. The van der Waals surface area contributed by atoms with Gasteiger partial charge in [0.1, 0.15) is 0 Å². The monoisotopic (exact) mass is 444 g/mol. The zero-order chi connectivity index (χ0) is 10.4. The quantitative estimate of drug-likeness (QED) is 0.614. The standard InChI is InChI=1S/C7H12Br4O2/c8-4(6(10)2-12)1-5(9)7(11)3-13/h4-7,12-13H,1-3H2/t4-,5-,6-,7+/m0/s1. The van der Waals surface area contributed by atoms with Crippen LogP contribution in [0.3, 0.4) is 0 Å². The number of rotatable bonds is 6. The van der Waals surface area contributed by atoms with Gasteiger partial charge in [0.15, 0.2) is 0 Å². The van der Waals surface area contributed by atoms with Crippen LogP contribution in [0.25, 0.3) is 0 Å². The Kier molecular flexibility index (Phi) is 9.18. The summed E-state index contributed by atoms with van der Waals surface area (Å²) in [4.78, 5) is 0.471. The van der Waals surface area contributed by atoms with Crippen LogP contribution in [0.15, 0.2) is 0 Å². The lowest BCUT2D eigenvalue weighted by molar-refractivity contribution is 0.285. The lowest BCUT2D eigenvalue weighted by Crippen LogP contribution is -2.27. The summed E-state index contributed by atoms with van der Waals surface area (Å²) in [5.74, 6) is 0. The van der Waals surface area contributed by atoms with E-state index >= 15 is 0 Å². The molecule has 0 aromatic heterocycles. The number of aliphatic hydroxyl groups excluding tert-OH is 2. The first kappa shape index (κ1) is 14.8. The molecule has 4 atom stereocenters. The predicted molar refractivity (Wildman–Crippen MR) is 69.6 cm³/mol. The number of hydrogen-bond donors (Lipinski definition) is 2. The fraction of sp³-hybridized carbons (Fsp3) is 1.00. The SMILES string of the molecule is OC[C@@H](Br)[C@@H](Br)C[C@H](Br)[C@@H](Br)CO. The minimum atomic E-state index is 0.0472. The lowest BCUT2D eigenvalue weighted by Gasteiger charge is -2.20. The van der Waals surface area contributed by atoms with Gasteiger partial charge in [0.25, 0.3) is 0 Å². The summed E-state index contributed by atoms with van der Waals surface area (Å²) in [7, 11) is 0. The number of halogens is 4. The Labute approximate surface area is 112 Å². The number of hydrogen-bond acceptors (Lipinski definition) is 2. The maximum absolute atomic E-state index is 8.86. The molecule has 0 radical (unpaired) electrons. The molecule has 0 aliphatic rings. The maximum atomic E-state index is 8.86. The van der Waals surface area contributed by atoms with Crippen molar-refractivity contribution in [3.8, 4) is 0 Å². The molecule has 13 heavy (non-hydrogen) atoms. The average molecular weight is 448 g/mol. The Balaban J connectivity index is 3.83. The highest BCUT2D eigenvalue weighted by atomic mass is 79.9. The molecule has 6 heteroatoms. The second-order valence-corrected chi connectivity index (χ2v) is 7.37. The van der Waals surface area contributed by atoms with Gasteiger partial charge in [0, 0.05) is 9.65 Å². The Morgan fingerprint density at radius 3 is 1.23 bits per heavy atom. The van der Waals surface area contributed by atoms with E-state index in [9.17, 15) is 0 Å². The highest BCUT2D eigenvalue weighted by molar-refractivity contribution is 9.13. The van der Waals surface area contributed by atoms with Crippen molar-refractivity contribution in [1.29, 1.82) is 0 Å². The molecule has 0 aromatic carbocycles. The van der Waals surface area contributed by atoms with Gasteiger partial charge in [-0.3, -0.25) is 0 Å². The van der Waals surface area contributed by atoms with Gasteiger partial charge in [0.2, 0.25) is 0 Å². The third-order valence-corrected chi connectivity index (χ3v) is 6.88. The highest BCUT2D eigenvalue weighted by Crippen LogP contribution is 2.26. The molecular formula is C7H12Br4O2. The Morgan fingerprint density at radius 1 is 0.692 bits per heavy atom. The second-order valence-electron chi connectivity index (χ2n) is 2.66. The largest absolute Gasteiger partial charge is 0.395 e. The van der Waals surface area contributed by atoms with E-state index in [-0.39, 0.29) is 32.5 Å². The first-order valence-corrected chi connectivity index (χ1v) is 7.47. The van der Waals surface area contributed by atoms with Crippen molar-refractivity contribution in [1.82, 2.24) is 0 Å². The van der Waals surface area contributed by atoms with Crippen LogP contribution in [0.1, 0.15) is 6.42 Å². The Morgan fingerprint density at radius 2 is 1.00 bits per heavy atom. The number of alkyl halides is 4. The van der Waals surface area contributed by atoms with Gasteiger partial charge in [-0.05, 0) is 6.42 Å². The van der Waals surface area contributed by atoms with E-state index in [1.54, 1.807) is 0 Å². The molecule has 0 saturated carbocycles. The summed E-state index contributed by atoms with van der Waals surface area (Å²) in [6, 6.07) is 0. The fourth-order valence-corrected chi connectivity index (χ4v) is 2.81. The molecule has 0 aromatic rings. The van der Waals surface area contributed by atoms with Gasteiger partial charge in [0.05, 0.1) is 22.9 Å². The van der Waals surface area contributed by atoms with Gasteiger partial charge in [-0.15, -0.1) is 0 Å². The molecule has 80 valence electrons. The lowest BCUT2D eigenvalue weighted by atomic mass is 10.1. The van der Waals surface area contributed by atoms with Crippen molar-refractivity contribution in [3.05, 3.63) is 0 Å². The molecule has 2 nitrogen and oxygen atoms in total. The maximum Gasteiger partial charge on any atom is 0.0567 e. The molecule has 0 aliphatic carbocycles. The van der Waals surface area contributed by atoms with Gasteiger partial charge >= 0.3 is 0 Å². The van der Waals surface area contributed by atoms with Crippen molar-refractivity contribution < 1.29 is 10.2 Å². The molecule has 0 spiro atoms. The Hall–Kier alpha value is 1.84. The molecular weight excluding hydrogens is 436 g/mol. The van der Waals surface area contributed by atoms with Crippen LogP contribution in [-0.2, 0) is 0 Å². The summed E-state index contributed by atoms with van der Waals surface area (Å²) in [5, 5.41) is 17.7. The number of aliphatic hydroxyl groups is 2.